The predicted octanol–water partition coefficient (Wildman–Crippen LogP) is 4.74. The largest absolute Gasteiger partial charge is 0.341 e. The molecule has 170 valence electrons. The van der Waals surface area contributed by atoms with Gasteiger partial charge in [-0.2, -0.15) is 0 Å². The van der Waals surface area contributed by atoms with Gasteiger partial charge in [-0.1, -0.05) is 54.6 Å². The van der Waals surface area contributed by atoms with Crippen molar-refractivity contribution in [2.24, 2.45) is 0 Å². The minimum Gasteiger partial charge on any atom is -0.341 e. The van der Waals surface area contributed by atoms with Crippen molar-refractivity contribution in [3.8, 4) is 0 Å². The van der Waals surface area contributed by atoms with Gasteiger partial charge in [0.1, 0.15) is 0 Å². The van der Waals surface area contributed by atoms with E-state index in [1.165, 1.54) is 33.5 Å². The quantitative estimate of drug-likeness (QED) is 0.589. The maximum atomic E-state index is 13.3. The Morgan fingerprint density at radius 2 is 1.70 bits per heavy atom. The monoisotopic (exact) mass is 439 g/mol. The van der Waals surface area contributed by atoms with E-state index in [2.05, 4.69) is 84.4 Å². The van der Waals surface area contributed by atoms with Crippen LogP contribution in [0.15, 0.2) is 66.9 Å². The van der Waals surface area contributed by atoms with E-state index in [0.29, 0.717) is 5.92 Å². The van der Waals surface area contributed by atoms with E-state index in [9.17, 15) is 4.79 Å². The molecule has 4 nitrogen and oxygen atoms in total. The number of fused-ring (bicyclic) bond motifs is 1. The zero-order valence-corrected chi connectivity index (χ0v) is 19.7. The summed E-state index contributed by atoms with van der Waals surface area (Å²) in [5.74, 6) is 0.721. The fourth-order valence-electron chi connectivity index (χ4n) is 5.35. The number of nitrogens with zero attached hydrogens (tertiary/aromatic N) is 3. The summed E-state index contributed by atoms with van der Waals surface area (Å²) >= 11 is 0. The van der Waals surface area contributed by atoms with Crippen molar-refractivity contribution < 1.29 is 4.79 Å². The van der Waals surface area contributed by atoms with Crippen LogP contribution in [-0.4, -0.2) is 46.9 Å². The first kappa shape index (κ1) is 21.8. The van der Waals surface area contributed by atoms with E-state index >= 15 is 0 Å². The lowest BCUT2D eigenvalue weighted by Gasteiger charge is -2.39. The number of carbonyl (C=O) groups is 1. The molecular formula is C29H33N3O. The van der Waals surface area contributed by atoms with Crippen LogP contribution in [-0.2, 0) is 24.2 Å². The van der Waals surface area contributed by atoms with Crippen LogP contribution < -0.4 is 0 Å². The van der Waals surface area contributed by atoms with Gasteiger partial charge in [0.2, 0.25) is 5.91 Å². The minimum atomic E-state index is -0.0460. The maximum Gasteiger partial charge on any atom is 0.240 e. The van der Waals surface area contributed by atoms with E-state index < -0.39 is 0 Å². The Morgan fingerprint density at radius 1 is 0.970 bits per heavy atom. The van der Waals surface area contributed by atoms with Crippen LogP contribution in [0.25, 0.3) is 0 Å². The highest BCUT2D eigenvalue weighted by atomic mass is 16.2. The summed E-state index contributed by atoms with van der Waals surface area (Å²) in [5, 5.41) is 0. The summed E-state index contributed by atoms with van der Waals surface area (Å²) in [6, 6.07) is 21.4. The average molecular weight is 440 g/mol. The van der Waals surface area contributed by atoms with Crippen LogP contribution in [0.5, 0.6) is 0 Å². The summed E-state index contributed by atoms with van der Waals surface area (Å²) in [7, 11) is 2.08. The molecule has 0 radical (unpaired) electrons. The second-order valence-corrected chi connectivity index (χ2v) is 9.70. The number of amides is 1. The van der Waals surface area contributed by atoms with Crippen LogP contribution >= 0.6 is 0 Å². The molecule has 0 spiro atoms. The van der Waals surface area contributed by atoms with Crippen molar-refractivity contribution in [2.75, 3.05) is 20.1 Å². The number of carbonyl (C=O) groups excluding carboxylic acids is 1. The molecular weight excluding hydrogens is 406 g/mol. The zero-order valence-electron chi connectivity index (χ0n) is 19.7. The third-order valence-electron chi connectivity index (χ3n) is 7.50. The number of piperidine rings is 1. The van der Waals surface area contributed by atoms with Crippen LogP contribution in [0, 0.1) is 6.92 Å². The first-order valence-corrected chi connectivity index (χ1v) is 12.1. The van der Waals surface area contributed by atoms with Gasteiger partial charge in [0.05, 0.1) is 6.04 Å². The van der Waals surface area contributed by atoms with E-state index in [4.69, 9.17) is 4.98 Å². The molecule has 1 aromatic heterocycles. The minimum absolute atomic E-state index is 0.0460. The van der Waals surface area contributed by atoms with Crippen LogP contribution in [0.3, 0.4) is 0 Å². The molecule has 0 unspecified atom stereocenters. The standard InChI is InChI=1S/C29H33N3O/c1-21-7-3-4-8-24(21)17-22-11-12-27(30-19-22)23-13-15-32(16-14-23)29(33)28-18-25-9-5-6-10-26(25)20-31(28)2/h3-12,19,23,28H,13-18,20H2,1-2H3/t28-/m0/s1. The number of hydrogen-bond acceptors (Lipinski definition) is 3. The molecule has 2 aromatic carbocycles. The first-order valence-electron chi connectivity index (χ1n) is 12.1. The SMILES string of the molecule is Cc1ccccc1Cc1ccc(C2CCN(C(=O)[C@@H]3Cc4ccccc4CN3C)CC2)nc1. The molecule has 0 saturated carbocycles. The van der Waals surface area contributed by atoms with Gasteiger partial charge in [0, 0.05) is 37.4 Å². The van der Waals surface area contributed by atoms with E-state index in [1.54, 1.807) is 0 Å². The number of pyridine rings is 1. The summed E-state index contributed by atoms with van der Waals surface area (Å²) in [6.07, 6.45) is 5.75. The van der Waals surface area contributed by atoms with E-state index in [0.717, 1.165) is 45.3 Å². The van der Waals surface area contributed by atoms with Gasteiger partial charge < -0.3 is 4.90 Å². The third-order valence-corrected chi connectivity index (χ3v) is 7.50. The van der Waals surface area contributed by atoms with Gasteiger partial charge >= 0.3 is 0 Å². The molecule has 5 rings (SSSR count). The third kappa shape index (κ3) is 4.72. The molecule has 4 heteroatoms. The molecule has 2 aliphatic rings. The smallest absolute Gasteiger partial charge is 0.240 e. The fraction of sp³-hybridized carbons (Fsp3) is 0.379. The van der Waals surface area contributed by atoms with Crippen LogP contribution in [0.4, 0.5) is 0 Å². The topological polar surface area (TPSA) is 36.4 Å². The lowest BCUT2D eigenvalue weighted by atomic mass is 9.90. The molecule has 3 heterocycles. The molecule has 2 aliphatic heterocycles. The number of hydrogen-bond donors (Lipinski definition) is 0. The highest BCUT2D eigenvalue weighted by Crippen LogP contribution is 2.29. The Kier molecular flexibility index (Phi) is 6.28. The number of rotatable bonds is 4. The molecule has 3 aromatic rings. The van der Waals surface area contributed by atoms with Crippen molar-refractivity contribution in [3.63, 3.8) is 0 Å². The number of likely N-dealkylation sites (N-methyl/N-ethyl adjacent to an activating group) is 1. The number of benzene rings is 2. The first-order chi connectivity index (χ1) is 16.1. The van der Waals surface area contributed by atoms with Gasteiger partial charge in [0.15, 0.2) is 0 Å². The molecule has 1 fully saturated rings. The summed E-state index contributed by atoms with van der Waals surface area (Å²) < 4.78 is 0. The Labute approximate surface area is 197 Å². The summed E-state index contributed by atoms with van der Waals surface area (Å²) in [6.45, 7) is 4.65. The van der Waals surface area contributed by atoms with Gasteiger partial charge in [0.25, 0.3) is 0 Å². The summed E-state index contributed by atoms with van der Waals surface area (Å²) in [5.41, 5.74) is 7.76. The molecule has 0 aliphatic carbocycles. The Bertz CT molecular complexity index is 1120. The molecule has 0 N–H and O–H groups in total. The normalized spacial score (nSPS) is 19.3. The average Bonchev–Trinajstić information content (AvgIpc) is 2.85. The van der Waals surface area contributed by atoms with Crippen LogP contribution in [0.2, 0.25) is 0 Å². The lowest BCUT2D eigenvalue weighted by molar-refractivity contribution is -0.138. The predicted molar refractivity (Wildman–Crippen MR) is 132 cm³/mol. The highest BCUT2D eigenvalue weighted by Gasteiger charge is 2.34. The van der Waals surface area contributed by atoms with Crippen molar-refractivity contribution in [3.05, 3.63) is 100 Å². The number of likely N-dealkylation sites (tertiary alicyclic amines) is 1. The van der Waals surface area contributed by atoms with Gasteiger partial charge in [-0.05, 0) is 73.5 Å². The van der Waals surface area contributed by atoms with Gasteiger partial charge in [-0.3, -0.25) is 14.7 Å². The molecule has 33 heavy (non-hydrogen) atoms. The van der Waals surface area contributed by atoms with Crippen molar-refractivity contribution in [1.82, 2.24) is 14.8 Å². The van der Waals surface area contributed by atoms with Crippen molar-refractivity contribution in [1.29, 1.82) is 0 Å². The van der Waals surface area contributed by atoms with E-state index in [1.807, 2.05) is 6.20 Å². The number of aromatic nitrogens is 1. The molecule has 0 bridgehead atoms. The van der Waals surface area contributed by atoms with Gasteiger partial charge in [-0.25, -0.2) is 0 Å². The molecule has 1 atom stereocenters. The molecule has 1 saturated heterocycles. The maximum absolute atomic E-state index is 13.3. The van der Waals surface area contributed by atoms with Gasteiger partial charge in [-0.15, -0.1) is 0 Å². The Hall–Kier alpha value is -2.98. The lowest BCUT2D eigenvalue weighted by Crippen LogP contribution is -2.51. The number of aryl methyl sites for hydroxylation is 1. The van der Waals surface area contributed by atoms with Crippen molar-refractivity contribution in [2.45, 2.75) is 51.1 Å². The van der Waals surface area contributed by atoms with Crippen LogP contribution in [0.1, 0.15) is 52.3 Å². The second-order valence-electron chi connectivity index (χ2n) is 9.70. The zero-order chi connectivity index (χ0) is 22.8. The van der Waals surface area contributed by atoms with Crippen molar-refractivity contribution >= 4 is 5.91 Å². The molecule has 1 amide bonds. The Balaban J connectivity index is 1.18. The summed E-state index contributed by atoms with van der Waals surface area (Å²) in [4.78, 5) is 22.4. The Morgan fingerprint density at radius 3 is 2.42 bits per heavy atom. The van der Waals surface area contributed by atoms with E-state index in [-0.39, 0.29) is 11.9 Å². The second kappa shape index (κ2) is 9.48. The fourth-order valence-corrected chi connectivity index (χ4v) is 5.35. The highest BCUT2D eigenvalue weighted by molar-refractivity contribution is 5.82.